The van der Waals surface area contributed by atoms with Crippen LogP contribution in [0, 0.1) is 11.8 Å². The lowest BCUT2D eigenvalue weighted by Gasteiger charge is -2.22. The van der Waals surface area contributed by atoms with E-state index in [1.807, 2.05) is 36.4 Å². The second-order valence-corrected chi connectivity index (χ2v) is 6.80. The molecule has 2 nitrogen and oxygen atoms in total. The van der Waals surface area contributed by atoms with Crippen LogP contribution in [0.3, 0.4) is 0 Å². The van der Waals surface area contributed by atoms with E-state index in [1.54, 1.807) is 24.3 Å². The van der Waals surface area contributed by atoms with Crippen molar-refractivity contribution in [3.05, 3.63) is 102 Å². The number of benzene rings is 3. The minimum absolute atomic E-state index is 0.212. The average molecular weight is 356 g/mol. The van der Waals surface area contributed by atoms with Gasteiger partial charge in [0.2, 0.25) is 0 Å². The quantitative estimate of drug-likeness (QED) is 0.626. The molecule has 0 heterocycles. The third-order valence-corrected chi connectivity index (χ3v) is 4.65. The van der Waals surface area contributed by atoms with Crippen LogP contribution in [0.1, 0.15) is 29.5 Å². The maximum atomic E-state index is 11.2. The van der Waals surface area contributed by atoms with Crippen molar-refractivity contribution < 1.29 is 10.2 Å². The van der Waals surface area contributed by atoms with Crippen molar-refractivity contribution in [3.63, 3.8) is 0 Å². The van der Waals surface area contributed by atoms with Crippen molar-refractivity contribution in [1.29, 1.82) is 0 Å². The molecule has 0 bridgehead atoms. The molecular weight excluding hydrogens is 332 g/mol. The van der Waals surface area contributed by atoms with E-state index in [1.165, 1.54) is 11.1 Å². The molecule has 0 spiro atoms. The van der Waals surface area contributed by atoms with Gasteiger partial charge in [-0.1, -0.05) is 72.5 Å². The fourth-order valence-electron chi connectivity index (χ4n) is 2.97. The van der Waals surface area contributed by atoms with Gasteiger partial charge in [-0.15, -0.1) is 0 Å². The molecule has 2 N–H and O–H groups in total. The molecule has 136 valence electrons. The van der Waals surface area contributed by atoms with Gasteiger partial charge in [-0.05, 0) is 61.1 Å². The molecule has 27 heavy (non-hydrogen) atoms. The lowest BCUT2D eigenvalue weighted by molar-refractivity contribution is 0.0829. The standard InChI is InChI=1S/C25H24O2/c26-24-13-11-23(12-14-24)17-20-25(27,18-15-21-7-3-1-4-8-21)19-16-22-9-5-2-6-10-22/h1-14,26-27H,15-16,18-19H2. The van der Waals surface area contributed by atoms with Gasteiger partial charge >= 0.3 is 0 Å². The number of aromatic hydroxyl groups is 1. The zero-order valence-corrected chi connectivity index (χ0v) is 15.3. The Labute approximate surface area is 161 Å². The highest BCUT2D eigenvalue weighted by molar-refractivity contribution is 5.39. The second-order valence-electron chi connectivity index (χ2n) is 6.80. The molecule has 0 fully saturated rings. The molecule has 0 saturated heterocycles. The molecule has 0 aliphatic rings. The van der Waals surface area contributed by atoms with E-state index in [2.05, 4.69) is 36.1 Å². The number of hydrogen-bond donors (Lipinski definition) is 2. The van der Waals surface area contributed by atoms with Crippen LogP contribution >= 0.6 is 0 Å². The summed E-state index contributed by atoms with van der Waals surface area (Å²) >= 11 is 0. The zero-order chi connectivity index (χ0) is 19.0. The van der Waals surface area contributed by atoms with Gasteiger partial charge < -0.3 is 10.2 Å². The summed E-state index contributed by atoms with van der Waals surface area (Å²) in [5.74, 6) is 6.38. The van der Waals surface area contributed by atoms with Crippen molar-refractivity contribution in [1.82, 2.24) is 0 Å². The van der Waals surface area contributed by atoms with E-state index in [4.69, 9.17) is 0 Å². The van der Waals surface area contributed by atoms with Crippen LogP contribution in [0.25, 0.3) is 0 Å². The molecule has 0 amide bonds. The minimum Gasteiger partial charge on any atom is -0.508 e. The third-order valence-electron chi connectivity index (χ3n) is 4.65. The zero-order valence-electron chi connectivity index (χ0n) is 15.3. The maximum Gasteiger partial charge on any atom is 0.126 e. The molecule has 3 aromatic rings. The molecule has 0 unspecified atom stereocenters. The van der Waals surface area contributed by atoms with E-state index in [9.17, 15) is 10.2 Å². The predicted molar refractivity (Wildman–Crippen MR) is 109 cm³/mol. The Morgan fingerprint density at radius 1 is 0.667 bits per heavy atom. The highest BCUT2D eigenvalue weighted by Crippen LogP contribution is 2.21. The molecule has 0 atom stereocenters. The fraction of sp³-hybridized carbons (Fsp3) is 0.200. The molecule has 2 heteroatoms. The van der Waals surface area contributed by atoms with Gasteiger partial charge in [0.1, 0.15) is 11.4 Å². The highest BCUT2D eigenvalue weighted by Gasteiger charge is 2.24. The Morgan fingerprint density at radius 3 is 1.63 bits per heavy atom. The van der Waals surface area contributed by atoms with Crippen molar-refractivity contribution in [2.45, 2.75) is 31.3 Å². The molecule has 0 aliphatic heterocycles. The van der Waals surface area contributed by atoms with Gasteiger partial charge in [-0.25, -0.2) is 0 Å². The van der Waals surface area contributed by atoms with Gasteiger partial charge in [-0.3, -0.25) is 0 Å². The lowest BCUT2D eigenvalue weighted by Crippen LogP contribution is -2.28. The van der Waals surface area contributed by atoms with E-state index in [0.29, 0.717) is 12.8 Å². The Bertz CT molecular complexity index is 844. The van der Waals surface area contributed by atoms with Crippen molar-refractivity contribution in [3.8, 4) is 17.6 Å². The van der Waals surface area contributed by atoms with E-state index >= 15 is 0 Å². The summed E-state index contributed by atoms with van der Waals surface area (Å²) in [5, 5.41) is 20.6. The summed E-state index contributed by atoms with van der Waals surface area (Å²) in [7, 11) is 0. The number of aryl methyl sites for hydroxylation is 2. The van der Waals surface area contributed by atoms with Crippen LogP contribution in [-0.4, -0.2) is 15.8 Å². The van der Waals surface area contributed by atoms with Crippen LogP contribution in [-0.2, 0) is 12.8 Å². The number of hydrogen-bond acceptors (Lipinski definition) is 2. The van der Waals surface area contributed by atoms with Gasteiger partial charge in [0.25, 0.3) is 0 Å². The Hall–Kier alpha value is -3.02. The summed E-state index contributed by atoms with van der Waals surface area (Å²) in [6, 6.07) is 27.1. The minimum atomic E-state index is -1.07. The van der Waals surface area contributed by atoms with E-state index in [-0.39, 0.29) is 5.75 Å². The van der Waals surface area contributed by atoms with E-state index < -0.39 is 5.60 Å². The molecule has 0 radical (unpaired) electrons. The topological polar surface area (TPSA) is 40.5 Å². The Kier molecular flexibility index (Phi) is 6.30. The molecule has 0 aromatic heterocycles. The predicted octanol–water partition coefficient (Wildman–Crippen LogP) is 4.74. The van der Waals surface area contributed by atoms with Gasteiger partial charge in [-0.2, -0.15) is 0 Å². The normalized spacial score (nSPS) is 10.9. The second kappa shape index (κ2) is 9.07. The van der Waals surface area contributed by atoms with Crippen molar-refractivity contribution in [2.24, 2.45) is 0 Å². The highest BCUT2D eigenvalue weighted by atomic mass is 16.3. The first-order chi connectivity index (χ1) is 13.1. The summed E-state index contributed by atoms with van der Waals surface area (Å²) in [6.07, 6.45) is 2.70. The van der Waals surface area contributed by atoms with Crippen LogP contribution in [0.15, 0.2) is 84.9 Å². The van der Waals surface area contributed by atoms with Gasteiger partial charge in [0.15, 0.2) is 0 Å². The maximum absolute atomic E-state index is 11.2. The number of phenols is 1. The molecular formula is C25H24O2. The smallest absolute Gasteiger partial charge is 0.126 e. The molecule has 3 aromatic carbocycles. The first-order valence-electron chi connectivity index (χ1n) is 9.25. The first-order valence-corrected chi connectivity index (χ1v) is 9.25. The largest absolute Gasteiger partial charge is 0.508 e. The number of phenolic OH excluding ortho intramolecular Hbond substituents is 1. The van der Waals surface area contributed by atoms with Crippen molar-refractivity contribution >= 4 is 0 Å². The monoisotopic (exact) mass is 356 g/mol. The first kappa shape index (κ1) is 18.8. The molecule has 0 aliphatic carbocycles. The fourth-order valence-corrected chi connectivity index (χ4v) is 2.97. The molecule has 3 rings (SSSR count). The van der Waals surface area contributed by atoms with Gasteiger partial charge in [0.05, 0.1) is 0 Å². The summed E-state index contributed by atoms with van der Waals surface area (Å²) in [4.78, 5) is 0. The Morgan fingerprint density at radius 2 is 1.15 bits per heavy atom. The SMILES string of the molecule is Oc1ccc(C#CC(O)(CCc2ccccc2)CCc2ccccc2)cc1. The Balaban J connectivity index is 1.75. The van der Waals surface area contributed by atoms with Crippen LogP contribution in [0.4, 0.5) is 0 Å². The van der Waals surface area contributed by atoms with Crippen LogP contribution < -0.4 is 0 Å². The third kappa shape index (κ3) is 6.02. The summed E-state index contributed by atoms with van der Waals surface area (Å²) in [6.45, 7) is 0. The van der Waals surface area contributed by atoms with Gasteiger partial charge in [0, 0.05) is 5.56 Å². The lowest BCUT2D eigenvalue weighted by atomic mass is 9.89. The van der Waals surface area contributed by atoms with Crippen LogP contribution in [0.2, 0.25) is 0 Å². The van der Waals surface area contributed by atoms with Crippen molar-refractivity contribution in [2.75, 3.05) is 0 Å². The molecule has 0 saturated carbocycles. The number of aliphatic hydroxyl groups is 1. The van der Waals surface area contributed by atoms with Crippen LogP contribution in [0.5, 0.6) is 5.75 Å². The summed E-state index contributed by atoms with van der Waals surface area (Å²) in [5.41, 5.74) is 2.11. The average Bonchev–Trinajstić information content (AvgIpc) is 2.72. The number of rotatable bonds is 6. The van der Waals surface area contributed by atoms with E-state index in [0.717, 1.165) is 18.4 Å². The summed E-state index contributed by atoms with van der Waals surface area (Å²) < 4.78 is 0.